The van der Waals surface area contributed by atoms with Crippen molar-refractivity contribution in [1.82, 2.24) is 4.90 Å². The molecule has 0 fully saturated rings. The first-order valence-corrected chi connectivity index (χ1v) is 6.89. The van der Waals surface area contributed by atoms with Crippen molar-refractivity contribution in [2.75, 3.05) is 19.6 Å². The summed E-state index contributed by atoms with van der Waals surface area (Å²) in [5, 5.41) is 11.9. The Balaban J connectivity index is 2.41. The minimum absolute atomic E-state index is 0.0474. The smallest absolute Gasteiger partial charge is 0.257 e. The van der Waals surface area contributed by atoms with E-state index in [1.165, 1.54) is 0 Å². The number of phenolic OH excluding ortho intramolecular Hbond substituents is 1. The lowest BCUT2D eigenvalue weighted by molar-refractivity contribution is 0.0757. The minimum atomic E-state index is -0.166. The predicted octanol–water partition coefficient (Wildman–Crippen LogP) is 2.36. The summed E-state index contributed by atoms with van der Waals surface area (Å²) in [6.45, 7) is 3.57. The van der Waals surface area contributed by atoms with E-state index in [0.717, 1.165) is 11.8 Å². The van der Waals surface area contributed by atoms with E-state index < -0.39 is 0 Å². The van der Waals surface area contributed by atoms with E-state index in [1.54, 1.807) is 11.0 Å². The average molecular weight is 272 g/mol. The first-order chi connectivity index (χ1) is 9.69. The Labute approximate surface area is 118 Å². The van der Waals surface area contributed by atoms with E-state index in [9.17, 15) is 9.90 Å². The number of carbonyl (C=O) groups excluding carboxylic acids is 1. The number of hydrogen-bond donors (Lipinski definition) is 2. The largest absolute Gasteiger partial charge is 0.506 e. The van der Waals surface area contributed by atoms with Gasteiger partial charge in [0.05, 0.1) is 5.56 Å². The molecule has 2 aromatic carbocycles. The molecule has 0 unspecified atom stereocenters. The molecule has 3 N–H and O–H groups in total. The molecule has 0 saturated carbocycles. The standard InChI is InChI=1S/C16H20N2O2/c1-2-10-18(11-9-17)16(20)14-8-7-12-5-3-4-6-13(12)15(14)19/h3-8,19H,2,9-11,17H2,1H3. The zero-order valence-corrected chi connectivity index (χ0v) is 11.7. The highest BCUT2D eigenvalue weighted by atomic mass is 16.3. The van der Waals surface area contributed by atoms with Crippen LogP contribution in [-0.4, -0.2) is 35.5 Å². The van der Waals surface area contributed by atoms with Crippen LogP contribution in [0.2, 0.25) is 0 Å². The molecule has 4 heteroatoms. The third kappa shape index (κ3) is 2.75. The Hall–Kier alpha value is -2.07. The molecular formula is C16H20N2O2. The number of carbonyl (C=O) groups is 1. The monoisotopic (exact) mass is 272 g/mol. The zero-order valence-electron chi connectivity index (χ0n) is 11.7. The second-order valence-corrected chi connectivity index (χ2v) is 4.76. The van der Waals surface area contributed by atoms with E-state index in [2.05, 4.69) is 0 Å². The number of amides is 1. The molecule has 0 spiro atoms. The molecule has 0 aliphatic heterocycles. The van der Waals surface area contributed by atoms with Crippen molar-refractivity contribution < 1.29 is 9.90 Å². The van der Waals surface area contributed by atoms with Crippen LogP contribution in [0.25, 0.3) is 10.8 Å². The zero-order chi connectivity index (χ0) is 14.5. The van der Waals surface area contributed by atoms with Crippen molar-refractivity contribution in [2.24, 2.45) is 5.73 Å². The van der Waals surface area contributed by atoms with E-state index in [4.69, 9.17) is 5.73 Å². The van der Waals surface area contributed by atoms with Crippen LogP contribution in [0.15, 0.2) is 36.4 Å². The lowest BCUT2D eigenvalue weighted by atomic mass is 10.0. The maximum absolute atomic E-state index is 12.5. The van der Waals surface area contributed by atoms with Crippen molar-refractivity contribution in [2.45, 2.75) is 13.3 Å². The molecule has 0 aliphatic carbocycles. The summed E-state index contributed by atoms with van der Waals surface area (Å²) in [6, 6.07) is 11.0. The van der Waals surface area contributed by atoms with Gasteiger partial charge in [-0.05, 0) is 17.9 Å². The van der Waals surface area contributed by atoms with Gasteiger partial charge in [0.2, 0.25) is 0 Å². The summed E-state index contributed by atoms with van der Waals surface area (Å²) in [7, 11) is 0. The third-order valence-corrected chi connectivity index (χ3v) is 3.31. The van der Waals surface area contributed by atoms with Gasteiger partial charge < -0.3 is 15.7 Å². The summed E-state index contributed by atoms with van der Waals surface area (Å²) in [5.74, 6) is -0.119. The number of phenols is 1. The molecule has 0 atom stereocenters. The Morgan fingerprint density at radius 3 is 2.65 bits per heavy atom. The van der Waals surface area contributed by atoms with Gasteiger partial charge in [-0.1, -0.05) is 37.3 Å². The predicted molar refractivity (Wildman–Crippen MR) is 80.9 cm³/mol. The SMILES string of the molecule is CCCN(CCN)C(=O)c1ccc2ccccc2c1O. The first-order valence-electron chi connectivity index (χ1n) is 6.89. The highest BCUT2D eigenvalue weighted by Crippen LogP contribution is 2.29. The fraction of sp³-hybridized carbons (Fsp3) is 0.312. The van der Waals surface area contributed by atoms with Gasteiger partial charge >= 0.3 is 0 Å². The number of rotatable bonds is 5. The molecule has 2 aromatic rings. The molecule has 2 rings (SSSR count). The highest BCUT2D eigenvalue weighted by molar-refractivity contribution is 6.03. The number of nitrogens with zero attached hydrogens (tertiary/aromatic N) is 1. The lowest BCUT2D eigenvalue weighted by Gasteiger charge is -2.22. The number of nitrogens with two attached hydrogens (primary N) is 1. The summed E-state index contributed by atoms with van der Waals surface area (Å²) in [4.78, 5) is 14.2. The minimum Gasteiger partial charge on any atom is -0.506 e. The van der Waals surface area contributed by atoms with Crippen molar-refractivity contribution in [3.05, 3.63) is 42.0 Å². The van der Waals surface area contributed by atoms with Crippen LogP contribution in [0.1, 0.15) is 23.7 Å². The number of hydrogen-bond acceptors (Lipinski definition) is 3. The van der Waals surface area contributed by atoms with E-state index in [1.807, 2.05) is 37.3 Å². The van der Waals surface area contributed by atoms with E-state index in [-0.39, 0.29) is 11.7 Å². The van der Waals surface area contributed by atoms with Gasteiger partial charge in [-0.25, -0.2) is 0 Å². The lowest BCUT2D eigenvalue weighted by Crippen LogP contribution is -2.36. The van der Waals surface area contributed by atoms with Gasteiger partial charge in [0.1, 0.15) is 5.75 Å². The Kier molecular flexibility index (Phi) is 4.58. The number of benzene rings is 2. The molecule has 106 valence electrons. The van der Waals surface area contributed by atoms with Crippen LogP contribution in [0.5, 0.6) is 5.75 Å². The molecule has 0 heterocycles. The maximum atomic E-state index is 12.5. The summed E-state index contributed by atoms with van der Waals surface area (Å²) >= 11 is 0. The van der Waals surface area contributed by atoms with Gasteiger partial charge in [-0.3, -0.25) is 4.79 Å². The van der Waals surface area contributed by atoms with Crippen molar-refractivity contribution in [1.29, 1.82) is 0 Å². The van der Waals surface area contributed by atoms with Crippen LogP contribution in [0, 0.1) is 0 Å². The fourth-order valence-corrected chi connectivity index (χ4v) is 2.34. The van der Waals surface area contributed by atoms with Crippen LogP contribution in [-0.2, 0) is 0 Å². The normalized spacial score (nSPS) is 10.7. The third-order valence-electron chi connectivity index (χ3n) is 3.31. The van der Waals surface area contributed by atoms with Gasteiger partial charge in [-0.15, -0.1) is 0 Å². The Morgan fingerprint density at radius 1 is 1.20 bits per heavy atom. The molecule has 1 amide bonds. The molecular weight excluding hydrogens is 252 g/mol. The average Bonchev–Trinajstić information content (AvgIpc) is 2.47. The quantitative estimate of drug-likeness (QED) is 0.878. The van der Waals surface area contributed by atoms with Crippen LogP contribution in [0.4, 0.5) is 0 Å². The fourth-order valence-electron chi connectivity index (χ4n) is 2.34. The Bertz CT molecular complexity index is 604. The summed E-state index contributed by atoms with van der Waals surface area (Å²) < 4.78 is 0. The second kappa shape index (κ2) is 6.39. The van der Waals surface area contributed by atoms with Crippen molar-refractivity contribution in [3.63, 3.8) is 0 Å². The topological polar surface area (TPSA) is 66.6 Å². The van der Waals surface area contributed by atoms with Crippen LogP contribution >= 0.6 is 0 Å². The highest BCUT2D eigenvalue weighted by Gasteiger charge is 2.19. The van der Waals surface area contributed by atoms with E-state index in [0.29, 0.717) is 30.6 Å². The van der Waals surface area contributed by atoms with Crippen molar-refractivity contribution in [3.8, 4) is 5.75 Å². The van der Waals surface area contributed by atoms with Crippen molar-refractivity contribution >= 4 is 16.7 Å². The molecule has 0 aliphatic rings. The van der Waals surface area contributed by atoms with E-state index >= 15 is 0 Å². The molecule has 4 nitrogen and oxygen atoms in total. The number of aromatic hydroxyl groups is 1. The molecule has 0 radical (unpaired) electrons. The Morgan fingerprint density at radius 2 is 1.95 bits per heavy atom. The van der Waals surface area contributed by atoms with Gasteiger partial charge in [0.25, 0.3) is 5.91 Å². The van der Waals surface area contributed by atoms with Gasteiger partial charge in [0.15, 0.2) is 0 Å². The molecule has 0 aromatic heterocycles. The van der Waals surface area contributed by atoms with Crippen LogP contribution < -0.4 is 5.73 Å². The van der Waals surface area contributed by atoms with Gasteiger partial charge in [-0.2, -0.15) is 0 Å². The van der Waals surface area contributed by atoms with Crippen LogP contribution in [0.3, 0.4) is 0 Å². The first kappa shape index (κ1) is 14.3. The molecule has 0 saturated heterocycles. The summed E-state index contributed by atoms with van der Waals surface area (Å²) in [6.07, 6.45) is 0.861. The van der Waals surface area contributed by atoms with Gasteiger partial charge in [0, 0.05) is 25.0 Å². The molecule has 0 bridgehead atoms. The number of fused-ring (bicyclic) bond motifs is 1. The second-order valence-electron chi connectivity index (χ2n) is 4.76. The summed E-state index contributed by atoms with van der Waals surface area (Å²) in [5.41, 5.74) is 5.89. The maximum Gasteiger partial charge on any atom is 0.257 e. The molecule has 20 heavy (non-hydrogen) atoms.